The molecule has 0 bridgehead atoms. The van der Waals surface area contributed by atoms with Crippen molar-refractivity contribution in [1.82, 2.24) is 10.2 Å². The molecular weight excluding hydrogens is 232 g/mol. The maximum absolute atomic E-state index is 12.2. The van der Waals surface area contributed by atoms with Gasteiger partial charge in [0.25, 0.3) is 0 Å². The molecule has 0 heterocycles. The molecule has 0 rings (SSSR count). The van der Waals surface area contributed by atoms with E-state index in [0.717, 1.165) is 6.42 Å². The average molecular weight is 258 g/mol. The second-order valence-electron chi connectivity index (χ2n) is 6.13. The molecular formula is C13H26N2O3. The summed E-state index contributed by atoms with van der Waals surface area (Å²) in [7, 11) is 0. The van der Waals surface area contributed by atoms with Crippen LogP contribution in [0.4, 0.5) is 4.79 Å². The van der Waals surface area contributed by atoms with Gasteiger partial charge in [0.05, 0.1) is 6.42 Å². The normalized spacial score (nSPS) is 12.1. The molecule has 0 aliphatic rings. The van der Waals surface area contributed by atoms with Gasteiger partial charge in [0.2, 0.25) is 0 Å². The van der Waals surface area contributed by atoms with Crippen molar-refractivity contribution in [2.75, 3.05) is 6.54 Å². The van der Waals surface area contributed by atoms with Gasteiger partial charge in [-0.25, -0.2) is 4.79 Å². The van der Waals surface area contributed by atoms with Crippen LogP contribution in [-0.4, -0.2) is 39.6 Å². The van der Waals surface area contributed by atoms with Crippen molar-refractivity contribution in [2.45, 2.75) is 65.5 Å². The molecule has 2 N–H and O–H groups in total. The van der Waals surface area contributed by atoms with E-state index in [2.05, 4.69) is 5.32 Å². The molecule has 0 aromatic rings. The number of amides is 2. The van der Waals surface area contributed by atoms with E-state index in [9.17, 15) is 9.59 Å². The zero-order valence-corrected chi connectivity index (χ0v) is 12.3. The van der Waals surface area contributed by atoms with E-state index in [4.69, 9.17) is 5.11 Å². The van der Waals surface area contributed by atoms with Gasteiger partial charge in [-0.2, -0.15) is 0 Å². The summed E-state index contributed by atoms with van der Waals surface area (Å²) in [5.74, 6) is -0.896. The second kappa shape index (κ2) is 6.07. The molecule has 0 atom stereocenters. The largest absolute Gasteiger partial charge is 0.481 e. The lowest BCUT2D eigenvalue weighted by atomic mass is 10.0. The quantitative estimate of drug-likeness (QED) is 0.795. The number of carboxylic acid groups (broad SMARTS) is 1. The maximum Gasteiger partial charge on any atom is 0.318 e. The van der Waals surface area contributed by atoms with Crippen LogP contribution in [0.3, 0.4) is 0 Å². The first kappa shape index (κ1) is 16.7. The summed E-state index contributed by atoms with van der Waals surface area (Å²) in [6.07, 6.45) is 0.771. The van der Waals surface area contributed by atoms with E-state index in [-0.39, 0.29) is 24.5 Å². The Hall–Kier alpha value is -1.26. The molecule has 0 aliphatic carbocycles. The van der Waals surface area contributed by atoms with Crippen molar-refractivity contribution in [1.29, 1.82) is 0 Å². The monoisotopic (exact) mass is 258 g/mol. The summed E-state index contributed by atoms with van der Waals surface area (Å²) in [4.78, 5) is 24.4. The Balaban J connectivity index is 4.77. The Kier molecular flexibility index (Phi) is 5.64. The van der Waals surface area contributed by atoms with Gasteiger partial charge in [-0.3, -0.25) is 4.79 Å². The van der Waals surface area contributed by atoms with Crippen molar-refractivity contribution in [3.63, 3.8) is 0 Å². The Morgan fingerprint density at radius 3 is 2.00 bits per heavy atom. The molecule has 5 heteroatoms. The summed E-state index contributed by atoms with van der Waals surface area (Å²) in [6.45, 7) is 11.8. The first-order chi connectivity index (χ1) is 7.99. The molecule has 5 nitrogen and oxygen atoms in total. The van der Waals surface area contributed by atoms with E-state index in [1.165, 1.54) is 0 Å². The minimum atomic E-state index is -0.896. The fourth-order valence-electron chi connectivity index (χ4n) is 1.39. The molecule has 0 unspecified atom stereocenters. The maximum atomic E-state index is 12.2. The summed E-state index contributed by atoms with van der Waals surface area (Å²) in [5, 5.41) is 11.7. The van der Waals surface area contributed by atoms with Crippen LogP contribution in [0.15, 0.2) is 0 Å². The molecule has 0 aromatic carbocycles. The van der Waals surface area contributed by atoms with Gasteiger partial charge in [-0.1, -0.05) is 6.92 Å². The highest BCUT2D eigenvalue weighted by Crippen LogP contribution is 2.16. The molecule has 0 aromatic heterocycles. The fraction of sp³-hybridized carbons (Fsp3) is 0.846. The lowest BCUT2D eigenvalue weighted by Gasteiger charge is -2.38. The van der Waals surface area contributed by atoms with Crippen molar-refractivity contribution >= 4 is 12.0 Å². The molecule has 0 saturated heterocycles. The molecule has 106 valence electrons. The van der Waals surface area contributed by atoms with Crippen LogP contribution in [0, 0.1) is 0 Å². The molecule has 0 saturated carbocycles. The van der Waals surface area contributed by atoms with Crippen molar-refractivity contribution < 1.29 is 14.7 Å². The smallest absolute Gasteiger partial charge is 0.318 e. The second-order valence-corrected chi connectivity index (χ2v) is 6.13. The van der Waals surface area contributed by atoms with Crippen LogP contribution >= 0.6 is 0 Å². The van der Waals surface area contributed by atoms with Crippen LogP contribution in [0.2, 0.25) is 0 Å². The fourth-order valence-corrected chi connectivity index (χ4v) is 1.39. The first-order valence-corrected chi connectivity index (χ1v) is 6.31. The topological polar surface area (TPSA) is 69.6 Å². The van der Waals surface area contributed by atoms with E-state index >= 15 is 0 Å². The molecule has 0 radical (unpaired) electrons. The van der Waals surface area contributed by atoms with Gasteiger partial charge in [-0.05, 0) is 41.0 Å². The van der Waals surface area contributed by atoms with Crippen LogP contribution in [0.5, 0.6) is 0 Å². The highest BCUT2D eigenvalue weighted by atomic mass is 16.4. The van der Waals surface area contributed by atoms with Gasteiger partial charge in [-0.15, -0.1) is 0 Å². The van der Waals surface area contributed by atoms with Crippen LogP contribution < -0.4 is 5.32 Å². The number of carboxylic acids is 1. The Morgan fingerprint density at radius 1 is 1.17 bits per heavy atom. The number of urea groups is 1. The van der Waals surface area contributed by atoms with Gasteiger partial charge < -0.3 is 15.3 Å². The van der Waals surface area contributed by atoms with E-state index in [1.54, 1.807) is 4.90 Å². The third kappa shape index (κ3) is 5.89. The third-order valence-electron chi connectivity index (χ3n) is 2.93. The number of hydrogen-bond acceptors (Lipinski definition) is 2. The summed E-state index contributed by atoms with van der Waals surface area (Å²) < 4.78 is 0. The lowest BCUT2D eigenvalue weighted by Crippen LogP contribution is -2.55. The number of nitrogens with zero attached hydrogens (tertiary/aromatic N) is 1. The van der Waals surface area contributed by atoms with Gasteiger partial charge in [0, 0.05) is 17.6 Å². The van der Waals surface area contributed by atoms with Gasteiger partial charge in [0.15, 0.2) is 0 Å². The zero-order valence-electron chi connectivity index (χ0n) is 12.3. The minimum Gasteiger partial charge on any atom is -0.481 e. The van der Waals surface area contributed by atoms with E-state index < -0.39 is 11.5 Å². The van der Waals surface area contributed by atoms with Gasteiger partial charge in [0.1, 0.15) is 0 Å². The van der Waals surface area contributed by atoms with Crippen LogP contribution in [0.25, 0.3) is 0 Å². The highest BCUT2D eigenvalue weighted by Gasteiger charge is 2.29. The van der Waals surface area contributed by atoms with Gasteiger partial charge >= 0.3 is 12.0 Å². The lowest BCUT2D eigenvalue weighted by molar-refractivity contribution is -0.137. The molecule has 18 heavy (non-hydrogen) atoms. The number of carbonyl (C=O) groups excluding carboxylic acids is 1. The number of aliphatic carboxylic acids is 1. The van der Waals surface area contributed by atoms with Crippen molar-refractivity contribution in [3.05, 3.63) is 0 Å². The zero-order chi connectivity index (χ0) is 14.6. The first-order valence-electron chi connectivity index (χ1n) is 6.31. The number of rotatable bonds is 5. The summed E-state index contributed by atoms with van der Waals surface area (Å²) >= 11 is 0. The van der Waals surface area contributed by atoms with Crippen LogP contribution in [0.1, 0.15) is 54.4 Å². The molecule has 0 aliphatic heterocycles. The van der Waals surface area contributed by atoms with Crippen molar-refractivity contribution in [3.8, 4) is 0 Å². The number of carbonyl (C=O) groups is 2. The number of hydrogen-bond donors (Lipinski definition) is 2. The standard InChI is InChI=1S/C13H26N2O3/c1-7-13(5,6)14-11(18)15(12(2,3)4)9-8-10(16)17/h7-9H2,1-6H3,(H,14,18)(H,16,17). The Labute approximate surface area is 110 Å². The molecule has 0 spiro atoms. The average Bonchev–Trinajstić information content (AvgIpc) is 2.14. The molecule has 0 fully saturated rings. The molecule has 2 amide bonds. The minimum absolute atomic E-state index is 0.0444. The van der Waals surface area contributed by atoms with E-state index in [0.29, 0.717) is 0 Å². The summed E-state index contributed by atoms with van der Waals surface area (Å²) in [6, 6.07) is -0.212. The SMILES string of the molecule is CCC(C)(C)NC(=O)N(CCC(=O)O)C(C)(C)C. The Morgan fingerprint density at radius 2 is 1.67 bits per heavy atom. The predicted molar refractivity (Wildman–Crippen MR) is 71.6 cm³/mol. The highest BCUT2D eigenvalue weighted by molar-refractivity contribution is 5.76. The third-order valence-corrected chi connectivity index (χ3v) is 2.93. The number of nitrogens with one attached hydrogen (secondary N) is 1. The summed E-state index contributed by atoms with van der Waals surface area (Å²) in [5.41, 5.74) is -0.687. The van der Waals surface area contributed by atoms with Crippen molar-refractivity contribution in [2.24, 2.45) is 0 Å². The predicted octanol–water partition coefficient (Wildman–Crippen LogP) is 2.46. The van der Waals surface area contributed by atoms with E-state index in [1.807, 2.05) is 41.5 Å². The Bertz CT molecular complexity index is 306. The van der Waals surface area contributed by atoms with Crippen LogP contribution in [-0.2, 0) is 4.79 Å².